The van der Waals surface area contributed by atoms with Crippen LogP contribution in [0.25, 0.3) is 0 Å². The van der Waals surface area contributed by atoms with Crippen molar-refractivity contribution in [2.24, 2.45) is 0 Å². The third kappa shape index (κ3) is 3.96. The summed E-state index contributed by atoms with van der Waals surface area (Å²) in [5.41, 5.74) is 0.313. The van der Waals surface area contributed by atoms with Gasteiger partial charge in [0.05, 0.1) is 12.2 Å². The van der Waals surface area contributed by atoms with Gasteiger partial charge in [-0.2, -0.15) is 5.10 Å². The molecule has 2 aromatic rings. The zero-order valence-electron chi connectivity index (χ0n) is 14.7. The first-order valence-electron chi connectivity index (χ1n) is 8.40. The summed E-state index contributed by atoms with van der Waals surface area (Å²) >= 11 is 0. The molecule has 0 aromatic carbocycles. The minimum atomic E-state index is -0.192. The van der Waals surface area contributed by atoms with Crippen molar-refractivity contribution in [3.8, 4) is 5.75 Å². The Hall–Kier alpha value is -2.48. The number of nitrogens with zero attached hydrogens (tertiary/aromatic N) is 4. The lowest BCUT2D eigenvalue weighted by molar-refractivity contribution is 0.0542. The quantitative estimate of drug-likeness (QED) is 0.855. The number of hydrogen-bond donors (Lipinski definition) is 1. The minimum Gasteiger partial charge on any atom is -0.489 e. The van der Waals surface area contributed by atoms with Gasteiger partial charge in [0.2, 0.25) is 0 Å². The molecule has 1 aliphatic heterocycles. The number of pyridine rings is 1. The molecule has 0 radical (unpaired) electrons. The van der Waals surface area contributed by atoms with Crippen molar-refractivity contribution >= 4 is 5.91 Å². The predicted molar refractivity (Wildman–Crippen MR) is 90.4 cm³/mol. The first kappa shape index (κ1) is 17.3. The highest BCUT2D eigenvalue weighted by Crippen LogP contribution is 2.29. The number of ether oxygens (including phenoxy) is 2. The Morgan fingerprint density at radius 3 is 3.04 bits per heavy atom. The second kappa shape index (κ2) is 7.60. The van der Waals surface area contributed by atoms with Crippen molar-refractivity contribution in [2.45, 2.75) is 38.4 Å². The molecule has 0 spiro atoms. The van der Waals surface area contributed by atoms with Gasteiger partial charge in [0.25, 0.3) is 5.91 Å². The third-order valence-electron chi connectivity index (χ3n) is 4.13. The molecule has 0 unspecified atom stereocenters. The molecule has 1 amide bonds. The number of H-pyrrole nitrogens is 1. The number of carbonyl (C=O) groups is 1. The van der Waals surface area contributed by atoms with Crippen molar-refractivity contribution in [2.75, 3.05) is 20.2 Å². The number of aromatic nitrogens is 4. The number of carbonyl (C=O) groups excluding carboxylic acids is 1. The summed E-state index contributed by atoms with van der Waals surface area (Å²) in [5.74, 6) is 1.20. The maximum absolute atomic E-state index is 12.8. The Morgan fingerprint density at radius 2 is 2.32 bits per heavy atom. The van der Waals surface area contributed by atoms with Crippen LogP contribution in [0, 0.1) is 0 Å². The van der Waals surface area contributed by atoms with Gasteiger partial charge in [-0.1, -0.05) is 0 Å². The monoisotopic (exact) mass is 345 g/mol. The topological polar surface area (TPSA) is 93.2 Å². The largest absolute Gasteiger partial charge is 0.489 e. The lowest BCUT2D eigenvalue weighted by Crippen LogP contribution is -2.37. The van der Waals surface area contributed by atoms with Crippen LogP contribution < -0.4 is 4.74 Å². The van der Waals surface area contributed by atoms with E-state index in [-0.39, 0.29) is 24.0 Å². The maximum Gasteiger partial charge on any atom is 0.276 e. The molecule has 2 aromatic heterocycles. The van der Waals surface area contributed by atoms with E-state index < -0.39 is 0 Å². The van der Waals surface area contributed by atoms with Gasteiger partial charge in [-0.15, -0.1) is 0 Å². The highest BCUT2D eigenvalue weighted by atomic mass is 16.5. The number of amides is 1. The van der Waals surface area contributed by atoms with E-state index in [0.717, 1.165) is 12.2 Å². The maximum atomic E-state index is 12.8. The average molecular weight is 345 g/mol. The van der Waals surface area contributed by atoms with Crippen molar-refractivity contribution < 1.29 is 14.3 Å². The zero-order chi connectivity index (χ0) is 17.8. The number of nitrogens with one attached hydrogen (secondary N) is 1. The fourth-order valence-electron chi connectivity index (χ4n) is 2.97. The average Bonchev–Trinajstić information content (AvgIpc) is 3.25. The Balaban J connectivity index is 1.71. The fraction of sp³-hybridized carbons (Fsp3) is 0.529. The Labute approximate surface area is 146 Å². The highest BCUT2D eigenvalue weighted by molar-refractivity contribution is 5.94. The smallest absolute Gasteiger partial charge is 0.276 e. The zero-order valence-corrected chi connectivity index (χ0v) is 14.7. The number of likely N-dealkylation sites (N-methyl/N-ethyl adjacent to an activating group) is 1. The standard InChI is InChI=1S/C17H23N5O3/c1-11(2)25-13-5-4-7-18-15(13)17(23)22(3)9-14-12(6-8-24-14)16-19-10-20-21-16/h4-5,7,10-12,14H,6,8-9H2,1-3H3,(H,19,20,21)/t12-,14-/m1/s1. The molecular formula is C17H23N5O3. The molecule has 3 heterocycles. The van der Waals surface area contributed by atoms with Crippen molar-refractivity contribution in [3.63, 3.8) is 0 Å². The molecule has 1 N–H and O–H groups in total. The Kier molecular flexibility index (Phi) is 5.28. The summed E-state index contributed by atoms with van der Waals surface area (Å²) in [6.07, 6.45) is 3.78. The van der Waals surface area contributed by atoms with Crippen LogP contribution in [0.2, 0.25) is 0 Å². The van der Waals surface area contributed by atoms with Crippen LogP contribution in [0.1, 0.15) is 42.5 Å². The lowest BCUT2D eigenvalue weighted by Gasteiger charge is -2.24. The second-order valence-corrected chi connectivity index (χ2v) is 6.38. The summed E-state index contributed by atoms with van der Waals surface area (Å²) in [6, 6.07) is 3.52. The lowest BCUT2D eigenvalue weighted by atomic mass is 10.0. The first-order valence-corrected chi connectivity index (χ1v) is 8.40. The van der Waals surface area contributed by atoms with Crippen LogP contribution in [-0.2, 0) is 4.74 Å². The molecule has 8 nitrogen and oxygen atoms in total. The summed E-state index contributed by atoms with van der Waals surface area (Å²) in [4.78, 5) is 22.9. The molecule has 8 heteroatoms. The van der Waals surface area contributed by atoms with Crippen molar-refractivity contribution in [1.29, 1.82) is 0 Å². The molecule has 0 bridgehead atoms. The SMILES string of the molecule is CC(C)Oc1cccnc1C(=O)N(C)C[C@H]1OCC[C@H]1c1ncn[nH]1. The van der Waals surface area contributed by atoms with E-state index in [4.69, 9.17) is 9.47 Å². The molecule has 3 rings (SSSR count). The number of rotatable bonds is 6. The van der Waals surface area contributed by atoms with Crippen molar-refractivity contribution in [1.82, 2.24) is 25.1 Å². The summed E-state index contributed by atoms with van der Waals surface area (Å²) in [7, 11) is 1.75. The van der Waals surface area contributed by atoms with Crippen LogP contribution >= 0.6 is 0 Å². The summed E-state index contributed by atoms with van der Waals surface area (Å²) in [6.45, 7) is 4.92. The molecule has 0 aliphatic carbocycles. The van der Waals surface area contributed by atoms with Gasteiger partial charge >= 0.3 is 0 Å². The van der Waals surface area contributed by atoms with E-state index in [1.807, 2.05) is 13.8 Å². The van der Waals surface area contributed by atoms with Gasteiger partial charge in [-0.3, -0.25) is 9.89 Å². The van der Waals surface area contributed by atoms with E-state index in [1.165, 1.54) is 6.33 Å². The molecule has 134 valence electrons. The molecule has 0 saturated carbocycles. The van der Waals surface area contributed by atoms with E-state index in [0.29, 0.717) is 24.6 Å². The predicted octanol–water partition coefficient (Wildman–Crippen LogP) is 1.63. The molecule has 25 heavy (non-hydrogen) atoms. The van der Waals surface area contributed by atoms with E-state index in [1.54, 1.807) is 30.3 Å². The molecule has 1 saturated heterocycles. The van der Waals surface area contributed by atoms with Gasteiger partial charge in [0, 0.05) is 32.3 Å². The van der Waals surface area contributed by atoms with Crippen LogP contribution in [0.15, 0.2) is 24.7 Å². The van der Waals surface area contributed by atoms with Gasteiger partial charge in [0.1, 0.15) is 12.2 Å². The minimum absolute atomic E-state index is 0.0324. The number of aromatic amines is 1. The summed E-state index contributed by atoms with van der Waals surface area (Å²) < 4.78 is 11.5. The first-order chi connectivity index (χ1) is 12.1. The highest BCUT2D eigenvalue weighted by Gasteiger charge is 2.34. The van der Waals surface area contributed by atoms with Crippen molar-refractivity contribution in [3.05, 3.63) is 36.2 Å². The normalized spacial score (nSPS) is 20.0. The van der Waals surface area contributed by atoms with E-state index >= 15 is 0 Å². The van der Waals surface area contributed by atoms with Gasteiger partial charge in [-0.05, 0) is 32.4 Å². The van der Waals surface area contributed by atoms with Crippen LogP contribution in [0.3, 0.4) is 0 Å². The van der Waals surface area contributed by atoms with Crippen LogP contribution in [-0.4, -0.2) is 63.4 Å². The summed E-state index contributed by atoms with van der Waals surface area (Å²) in [5, 5.41) is 6.80. The van der Waals surface area contributed by atoms with Gasteiger partial charge in [0.15, 0.2) is 11.4 Å². The van der Waals surface area contributed by atoms with Crippen LogP contribution in [0.4, 0.5) is 0 Å². The molecular weight excluding hydrogens is 322 g/mol. The van der Waals surface area contributed by atoms with E-state index in [9.17, 15) is 4.79 Å². The molecule has 1 aliphatic rings. The Bertz CT molecular complexity index is 704. The third-order valence-corrected chi connectivity index (χ3v) is 4.13. The second-order valence-electron chi connectivity index (χ2n) is 6.38. The van der Waals surface area contributed by atoms with E-state index in [2.05, 4.69) is 20.2 Å². The van der Waals surface area contributed by atoms with Gasteiger partial charge < -0.3 is 14.4 Å². The number of hydrogen-bond acceptors (Lipinski definition) is 6. The molecule has 1 fully saturated rings. The van der Waals surface area contributed by atoms with Crippen LogP contribution in [0.5, 0.6) is 5.75 Å². The fourth-order valence-corrected chi connectivity index (χ4v) is 2.97. The van der Waals surface area contributed by atoms with Gasteiger partial charge in [-0.25, -0.2) is 9.97 Å². The molecule has 2 atom stereocenters. The Morgan fingerprint density at radius 1 is 1.48 bits per heavy atom.